The molecule has 3 aromatic rings. The van der Waals surface area contributed by atoms with Crippen molar-refractivity contribution < 1.29 is 32.9 Å². The number of hydrogen-bond acceptors (Lipinski definition) is 7. The fourth-order valence-corrected chi connectivity index (χ4v) is 7.93. The molecule has 1 heterocycles. The van der Waals surface area contributed by atoms with Crippen LogP contribution in [-0.4, -0.2) is 56.7 Å². The second kappa shape index (κ2) is 13.9. The smallest absolute Gasteiger partial charge is 0.310 e. The van der Waals surface area contributed by atoms with Crippen molar-refractivity contribution in [3.8, 4) is 0 Å². The van der Waals surface area contributed by atoms with Crippen molar-refractivity contribution in [1.29, 1.82) is 0 Å². The van der Waals surface area contributed by atoms with Gasteiger partial charge in [0.05, 0.1) is 17.5 Å². The van der Waals surface area contributed by atoms with Crippen LogP contribution in [0.25, 0.3) is 17.2 Å². The summed E-state index contributed by atoms with van der Waals surface area (Å²) in [7, 11) is 0. The second-order valence-corrected chi connectivity index (χ2v) is 14.4. The number of hydrogen-bond donors (Lipinski definition) is 1. The van der Waals surface area contributed by atoms with Crippen molar-refractivity contribution in [1.82, 2.24) is 9.62 Å². The molecule has 0 aromatic heterocycles. The van der Waals surface area contributed by atoms with Crippen LogP contribution in [0.2, 0.25) is 0 Å². The number of nitrogens with zero attached hydrogens (tertiary/aromatic N) is 1. The maximum Gasteiger partial charge on any atom is 0.310 e. The predicted octanol–water partition coefficient (Wildman–Crippen LogP) is 6.20. The van der Waals surface area contributed by atoms with Crippen molar-refractivity contribution in [2.45, 2.75) is 55.2 Å². The standard InChI is InChI=1S/C36H33FN2O6S2/c1-21-30(17-22-7-14-26(15-8-22)47(2)44)27-16-9-23(37)18-32(27)31(21)19-34(41)45-20-33(40)38-24-10-12-25(13-11-24)46-39-35(42)28-5-3-4-6-29(28)36(39)43/h3-9,14-18,24-25H,10-13,19-20H2,1-2H3,(H,38,40)/b30-17-. The summed E-state index contributed by atoms with van der Waals surface area (Å²) in [5, 5.41) is 3.00. The Morgan fingerprint density at radius 1 is 0.979 bits per heavy atom. The molecule has 11 heteroatoms. The minimum Gasteiger partial charge on any atom is -0.612 e. The van der Waals surface area contributed by atoms with Crippen molar-refractivity contribution in [2.24, 2.45) is 0 Å². The molecule has 1 saturated carbocycles. The summed E-state index contributed by atoms with van der Waals surface area (Å²) in [5.41, 5.74) is 5.42. The van der Waals surface area contributed by atoms with E-state index in [4.69, 9.17) is 4.74 Å². The van der Waals surface area contributed by atoms with Crippen LogP contribution >= 0.6 is 11.9 Å². The van der Waals surface area contributed by atoms with E-state index < -0.39 is 35.5 Å². The average molecular weight is 673 g/mol. The fourth-order valence-electron chi connectivity index (χ4n) is 6.24. The number of imide groups is 1. The van der Waals surface area contributed by atoms with Gasteiger partial charge in [-0.1, -0.05) is 18.2 Å². The van der Waals surface area contributed by atoms with E-state index >= 15 is 0 Å². The molecule has 1 fully saturated rings. The van der Waals surface area contributed by atoms with Crippen LogP contribution in [0.1, 0.15) is 76.4 Å². The monoisotopic (exact) mass is 672 g/mol. The van der Waals surface area contributed by atoms with Crippen molar-refractivity contribution in [2.75, 3.05) is 12.9 Å². The molecule has 3 amide bonds. The first kappa shape index (κ1) is 32.7. The first-order chi connectivity index (χ1) is 22.6. The van der Waals surface area contributed by atoms with E-state index in [-0.39, 0.29) is 29.5 Å². The van der Waals surface area contributed by atoms with Crippen LogP contribution in [0.4, 0.5) is 4.39 Å². The average Bonchev–Trinajstić information content (AvgIpc) is 3.45. The number of fused-ring (bicyclic) bond motifs is 2. The zero-order chi connectivity index (χ0) is 33.2. The number of ether oxygens (including phenoxy) is 1. The Labute approximate surface area is 279 Å². The molecule has 47 heavy (non-hydrogen) atoms. The lowest BCUT2D eigenvalue weighted by atomic mass is 9.95. The Bertz CT molecular complexity index is 1780. The molecule has 1 unspecified atom stereocenters. The third-order valence-corrected chi connectivity index (χ3v) is 11.0. The molecule has 1 aliphatic heterocycles. The highest BCUT2D eigenvalue weighted by Crippen LogP contribution is 2.44. The number of rotatable bonds is 9. The van der Waals surface area contributed by atoms with Crippen LogP contribution in [0.3, 0.4) is 0 Å². The van der Waals surface area contributed by atoms with Crippen LogP contribution in [0.5, 0.6) is 0 Å². The molecule has 1 atom stereocenters. The lowest BCUT2D eigenvalue weighted by molar-refractivity contribution is -0.147. The molecule has 3 aliphatic rings. The number of nitrogens with one attached hydrogen (secondary N) is 1. The Hall–Kier alpha value is -4.19. The highest BCUT2D eigenvalue weighted by Gasteiger charge is 2.38. The van der Waals surface area contributed by atoms with E-state index in [1.54, 1.807) is 48.7 Å². The molecule has 0 radical (unpaired) electrons. The molecule has 0 bridgehead atoms. The zero-order valence-electron chi connectivity index (χ0n) is 25.9. The van der Waals surface area contributed by atoms with E-state index in [0.29, 0.717) is 52.8 Å². The molecule has 8 nitrogen and oxygen atoms in total. The summed E-state index contributed by atoms with van der Waals surface area (Å²) in [6.07, 6.45) is 6.21. The predicted molar refractivity (Wildman–Crippen MR) is 180 cm³/mol. The lowest BCUT2D eigenvalue weighted by Gasteiger charge is -2.30. The summed E-state index contributed by atoms with van der Waals surface area (Å²) in [6.45, 7) is 1.44. The normalized spacial score (nSPS) is 20.3. The summed E-state index contributed by atoms with van der Waals surface area (Å²) in [4.78, 5) is 51.7. The van der Waals surface area contributed by atoms with Gasteiger partial charge in [0.1, 0.15) is 12.1 Å². The zero-order valence-corrected chi connectivity index (χ0v) is 27.5. The third kappa shape index (κ3) is 7.07. The largest absolute Gasteiger partial charge is 0.612 e. The SMILES string of the molecule is CC1=C(CC(=O)OCC(=O)NC2CCC(SN3C(=O)c4ccccc4C3=O)CC2)c2cc(F)ccc2/C1=C\c1ccc([S+](C)[O-])cc1. The van der Waals surface area contributed by atoms with Crippen LogP contribution in [-0.2, 0) is 25.5 Å². The van der Waals surface area contributed by atoms with Gasteiger partial charge in [0.15, 0.2) is 11.5 Å². The number of esters is 1. The number of carbonyl (C=O) groups is 4. The topological polar surface area (TPSA) is 116 Å². The van der Waals surface area contributed by atoms with Gasteiger partial charge in [-0.2, -0.15) is 0 Å². The van der Waals surface area contributed by atoms with Gasteiger partial charge in [-0.05, 0) is 144 Å². The maximum atomic E-state index is 14.3. The first-order valence-electron chi connectivity index (χ1n) is 15.3. The van der Waals surface area contributed by atoms with Gasteiger partial charge < -0.3 is 14.6 Å². The summed E-state index contributed by atoms with van der Waals surface area (Å²) < 4.78 is 32.6. The van der Waals surface area contributed by atoms with Crippen LogP contribution in [0.15, 0.2) is 77.2 Å². The molecule has 3 aromatic carbocycles. The van der Waals surface area contributed by atoms with E-state index in [1.807, 2.05) is 25.1 Å². The summed E-state index contributed by atoms with van der Waals surface area (Å²) in [6, 6.07) is 18.5. The third-order valence-electron chi connectivity index (χ3n) is 8.71. The van der Waals surface area contributed by atoms with Gasteiger partial charge >= 0.3 is 5.97 Å². The highest BCUT2D eigenvalue weighted by atomic mass is 32.2. The van der Waals surface area contributed by atoms with Gasteiger partial charge in [-0.15, -0.1) is 0 Å². The molecular weight excluding hydrogens is 640 g/mol. The van der Waals surface area contributed by atoms with Crippen LogP contribution < -0.4 is 5.32 Å². The number of halogens is 1. The van der Waals surface area contributed by atoms with Gasteiger partial charge in [0, 0.05) is 11.3 Å². The second-order valence-electron chi connectivity index (χ2n) is 11.8. The van der Waals surface area contributed by atoms with Gasteiger partial charge in [0.2, 0.25) is 0 Å². The Morgan fingerprint density at radius 3 is 2.28 bits per heavy atom. The van der Waals surface area contributed by atoms with Gasteiger partial charge in [-0.25, -0.2) is 8.70 Å². The lowest BCUT2D eigenvalue weighted by Crippen LogP contribution is -2.40. The van der Waals surface area contributed by atoms with Crippen LogP contribution in [0, 0.1) is 5.82 Å². The molecule has 1 N–H and O–H groups in total. The van der Waals surface area contributed by atoms with Crippen molar-refractivity contribution in [3.63, 3.8) is 0 Å². The highest BCUT2D eigenvalue weighted by molar-refractivity contribution is 7.98. The minimum atomic E-state index is -1.09. The Kier molecular flexibility index (Phi) is 9.67. The summed E-state index contributed by atoms with van der Waals surface area (Å²) >= 11 is 0.166. The Balaban J connectivity index is 1.01. The van der Waals surface area contributed by atoms with E-state index in [1.165, 1.54) is 28.4 Å². The number of amides is 3. The molecule has 6 rings (SSSR count). The minimum absolute atomic E-state index is 0.0685. The quantitative estimate of drug-likeness (QED) is 0.125. The number of benzene rings is 3. The van der Waals surface area contributed by atoms with E-state index in [9.17, 15) is 28.1 Å². The van der Waals surface area contributed by atoms with Gasteiger partial charge in [-0.3, -0.25) is 19.2 Å². The first-order valence-corrected chi connectivity index (χ1v) is 17.7. The molecular formula is C36H33FN2O6S2. The molecule has 0 saturated heterocycles. The Morgan fingerprint density at radius 2 is 1.64 bits per heavy atom. The maximum absolute atomic E-state index is 14.3. The van der Waals surface area contributed by atoms with Gasteiger partial charge in [0.25, 0.3) is 17.7 Å². The molecule has 2 aliphatic carbocycles. The van der Waals surface area contributed by atoms with Crippen molar-refractivity contribution in [3.05, 3.63) is 106 Å². The van der Waals surface area contributed by atoms with Crippen molar-refractivity contribution >= 4 is 64.0 Å². The number of allylic oxidation sites excluding steroid dienone is 2. The summed E-state index contributed by atoms with van der Waals surface area (Å²) in [5.74, 6) is -2.01. The number of carbonyl (C=O) groups excluding carboxylic acids is 4. The van der Waals surface area contributed by atoms with E-state index in [2.05, 4.69) is 5.32 Å². The fraction of sp³-hybridized carbons (Fsp3) is 0.278. The molecule has 0 spiro atoms. The molecule has 242 valence electrons. The van der Waals surface area contributed by atoms with E-state index in [0.717, 1.165) is 22.3 Å².